The molecule has 0 aliphatic heterocycles. The summed E-state index contributed by atoms with van der Waals surface area (Å²) in [4.78, 5) is 0. The molecule has 0 amide bonds. The third-order valence-electron chi connectivity index (χ3n) is 0. The van der Waals surface area contributed by atoms with Crippen molar-refractivity contribution in [3.63, 3.8) is 0 Å². The van der Waals surface area contributed by atoms with Crippen LogP contribution >= 0.6 is 0 Å². The van der Waals surface area contributed by atoms with Gasteiger partial charge in [0.05, 0.1) is 0 Å². The maximum Gasteiger partial charge on any atom is 0 e. The molecule has 0 nitrogen and oxygen atoms in total. The Morgan fingerprint density at radius 2 is 0.500 bits per heavy atom. The second-order valence-electron chi connectivity index (χ2n) is 0. The minimum absolute atomic E-state index is 0. The molecular weight excluding hydrogens is 465 g/mol. The van der Waals surface area contributed by atoms with Crippen LogP contribution < -0.4 is 0 Å². The standard InChI is InChI=1S/Bi.3Rb. The molecule has 0 unspecified atom stereocenters. The van der Waals surface area contributed by atoms with Crippen molar-refractivity contribution in [3.8, 4) is 0 Å². The molecule has 6 radical (unpaired) electrons. The van der Waals surface area contributed by atoms with E-state index in [9.17, 15) is 0 Å². The summed E-state index contributed by atoms with van der Waals surface area (Å²) in [7, 11) is 0. The van der Waals surface area contributed by atoms with Crippen molar-refractivity contribution in [1.82, 2.24) is 0 Å². The molecule has 0 spiro atoms. The van der Waals surface area contributed by atoms with Crippen molar-refractivity contribution < 1.29 is 0 Å². The van der Waals surface area contributed by atoms with Crippen molar-refractivity contribution in [2.45, 2.75) is 0 Å². The summed E-state index contributed by atoms with van der Waals surface area (Å²) in [6.45, 7) is 0. The Hall–Kier alpha value is 6.30. The van der Waals surface area contributed by atoms with Crippen molar-refractivity contribution in [2.75, 3.05) is 0 Å². The first-order valence-corrected chi connectivity index (χ1v) is 0. The topological polar surface area (TPSA) is 0 Å². The van der Waals surface area contributed by atoms with Gasteiger partial charge in [0, 0.05) is 201 Å². The van der Waals surface area contributed by atoms with Crippen LogP contribution in [0.1, 0.15) is 0 Å². The molecule has 4 heteroatoms. The van der Waals surface area contributed by atoms with Gasteiger partial charge in [-0.25, -0.2) is 0 Å². The monoisotopic (exact) mass is 464 g/mol. The Morgan fingerprint density at radius 3 is 0.500 bits per heavy atom. The van der Waals surface area contributed by atoms with E-state index < -0.39 is 0 Å². The molecule has 0 atom stereocenters. The summed E-state index contributed by atoms with van der Waals surface area (Å²) in [5.41, 5.74) is 0. The van der Waals surface area contributed by atoms with Crippen LogP contribution in [0.15, 0.2) is 0 Å². The normalized spacial score (nSPS) is 0. The van der Waals surface area contributed by atoms with E-state index in [0.717, 1.165) is 0 Å². The van der Waals surface area contributed by atoms with Gasteiger partial charge in [-0.2, -0.15) is 0 Å². The molecule has 0 aromatic heterocycles. The van der Waals surface area contributed by atoms with Gasteiger partial charge >= 0.3 is 0 Å². The molecule has 0 bridgehead atoms. The van der Waals surface area contributed by atoms with Gasteiger partial charge in [-0.3, -0.25) is 0 Å². The van der Waals surface area contributed by atoms with E-state index >= 15 is 0 Å². The fourth-order valence-electron chi connectivity index (χ4n) is 0. The van der Waals surface area contributed by atoms with Crippen LogP contribution in [0.2, 0.25) is 0 Å². The average Bonchev–Trinajstić information content (AvgIpc) is 0. The Bertz CT molecular complexity index is 3.25. The first kappa shape index (κ1) is 22.4. The van der Waals surface area contributed by atoms with Gasteiger partial charge in [0.2, 0.25) is 0 Å². The number of rotatable bonds is 0. The first-order valence-electron chi connectivity index (χ1n) is 0. The van der Waals surface area contributed by atoms with E-state index in [2.05, 4.69) is 0 Å². The number of hydrogen-bond acceptors (Lipinski definition) is 0. The molecule has 8 valence electrons. The quantitative estimate of drug-likeness (QED) is 0.382. The third-order valence-corrected chi connectivity index (χ3v) is 0. The molecule has 0 N–H and O–H groups in total. The second kappa shape index (κ2) is 16.1. The van der Waals surface area contributed by atoms with Gasteiger partial charge in [-0.05, 0) is 0 Å². The molecule has 0 saturated carbocycles. The minimum Gasteiger partial charge on any atom is 0 e. The Kier molecular flexibility index (Phi) is 90.6. The van der Waals surface area contributed by atoms with Crippen LogP contribution in [0, 0.1) is 0 Å². The number of hydrogen-bond donors (Lipinski definition) is 0. The van der Waals surface area contributed by atoms with E-state index in [4.69, 9.17) is 0 Å². The van der Waals surface area contributed by atoms with Gasteiger partial charge in [-0.15, -0.1) is 0 Å². The predicted molar refractivity (Wildman–Crippen MR) is 23.0 cm³/mol. The molecule has 4 heavy (non-hydrogen) atoms. The van der Waals surface area contributed by atoms with Crippen LogP contribution in [-0.4, -0.2) is 201 Å². The van der Waals surface area contributed by atoms with Crippen LogP contribution in [-0.2, 0) is 0 Å². The van der Waals surface area contributed by atoms with E-state index in [0.29, 0.717) is 0 Å². The smallest absolute Gasteiger partial charge is 0 e. The molecule has 0 aromatic rings. The van der Waals surface area contributed by atoms with Crippen molar-refractivity contribution >= 4 is 201 Å². The predicted octanol–water partition coefficient (Wildman–Crippen LogP) is -1.52. The summed E-state index contributed by atoms with van der Waals surface area (Å²) in [6, 6.07) is 0. The van der Waals surface area contributed by atoms with Gasteiger partial charge < -0.3 is 0 Å². The molecule has 0 heterocycles. The first-order chi connectivity index (χ1) is 0. The molecule has 0 saturated heterocycles. The van der Waals surface area contributed by atoms with E-state index in [1.807, 2.05) is 0 Å². The molecule has 0 aliphatic carbocycles. The van der Waals surface area contributed by atoms with Crippen LogP contribution in [0.25, 0.3) is 0 Å². The SMILES string of the molecule is [Bi].[Rb].[Rb].[Rb]. The largest absolute Gasteiger partial charge is 0 e. The van der Waals surface area contributed by atoms with Gasteiger partial charge in [0.15, 0.2) is 0 Å². The average molecular weight is 465 g/mol. The molecule has 0 aromatic carbocycles. The zero-order chi connectivity index (χ0) is 0. The Labute approximate surface area is 192 Å². The molecule has 0 fully saturated rings. The van der Waals surface area contributed by atoms with Crippen LogP contribution in [0.4, 0.5) is 0 Å². The molecular formula is BiRb3. The summed E-state index contributed by atoms with van der Waals surface area (Å²) in [5, 5.41) is 0. The zero-order valence-corrected chi connectivity index (χ0v) is 21.7. The third kappa shape index (κ3) is 11.1. The summed E-state index contributed by atoms with van der Waals surface area (Å²) in [6.07, 6.45) is 0. The van der Waals surface area contributed by atoms with Crippen molar-refractivity contribution in [1.29, 1.82) is 0 Å². The van der Waals surface area contributed by atoms with E-state index in [-0.39, 0.29) is 201 Å². The van der Waals surface area contributed by atoms with Crippen molar-refractivity contribution in [2.24, 2.45) is 0 Å². The maximum atomic E-state index is 0. The molecule has 0 rings (SSSR count). The summed E-state index contributed by atoms with van der Waals surface area (Å²) >= 11 is 0. The minimum atomic E-state index is 0. The van der Waals surface area contributed by atoms with Gasteiger partial charge in [0.1, 0.15) is 0 Å². The van der Waals surface area contributed by atoms with E-state index in [1.54, 1.807) is 0 Å². The van der Waals surface area contributed by atoms with Crippen LogP contribution in [0.5, 0.6) is 0 Å². The fourth-order valence-corrected chi connectivity index (χ4v) is 0. The summed E-state index contributed by atoms with van der Waals surface area (Å²) in [5.74, 6) is 0. The Balaban J connectivity index is 0. The van der Waals surface area contributed by atoms with Crippen LogP contribution in [0.3, 0.4) is 0 Å². The maximum absolute atomic E-state index is 0. The van der Waals surface area contributed by atoms with Gasteiger partial charge in [0.25, 0.3) is 0 Å². The second-order valence-corrected chi connectivity index (χ2v) is 0. The zero-order valence-electron chi connectivity index (χ0n) is 3.45. The van der Waals surface area contributed by atoms with Gasteiger partial charge in [-0.1, -0.05) is 0 Å². The van der Waals surface area contributed by atoms with E-state index in [1.165, 1.54) is 0 Å². The Morgan fingerprint density at radius 1 is 0.500 bits per heavy atom. The van der Waals surface area contributed by atoms with Crippen molar-refractivity contribution in [3.05, 3.63) is 0 Å². The molecule has 0 aliphatic rings. The fraction of sp³-hybridized carbons (Fsp3) is 0. The summed E-state index contributed by atoms with van der Waals surface area (Å²) < 4.78 is 0.